The Labute approximate surface area is 136 Å². The van der Waals surface area contributed by atoms with E-state index in [2.05, 4.69) is 15.2 Å². The number of methoxy groups -OCH3 is 1. The second-order valence-electron chi connectivity index (χ2n) is 5.61. The number of hydrogen-bond acceptors (Lipinski definition) is 4. The first kappa shape index (κ1) is 15.5. The Morgan fingerprint density at radius 1 is 1.17 bits per heavy atom. The number of nitrogens with one attached hydrogen (secondary N) is 1. The van der Waals surface area contributed by atoms with E-state index in [9.17, 15) is 4.79 Å². The number of ether oxygens (including phenoxy) is 1. The molecule has 120 valence electrons. The Hall–Kier alpha value is -2.40. The minimum atomic E-state index is -0.642. The van der Waals surface area contributed by atoms with E-state index in [0.717, 1.165) is 24.3 Å². The van der Waals surface area contributed by atoms with Gasteiger partial charge in [0.15, 0.2) is 6.10 Å². The zero-order valence-electron chi connectivity index (χ0n) is 13.2. The van der Waals surface area contributed by atoms with Crippen molar-refractivity contribution in [2.24, 2.45) is 0 Å². The van der Waals surface area contributed by atoms with Crippen molar-refractivity contribution in [2.75, 3.05) is 30.4 Å². The molecule has 1 fully saturated rings. The van der Waals surface area contributed by atoms with Crippen LogP contribution in [0.2, 0.25) is 0 Å². The van der Waals surface area contributed by atoms with Gasteiger partial charge in [-0.15, -0.1) is 0 Å². The standard InChI is InChI=1S/C18H21N3O2/c1-23-17(14-7-3-2-4-8-14)18(22)20-16-10-9-15(13-19-16)21-11-5-6-12-21/h2-4,7-10,13,17H,5-6,11-12H2,1H3,(H,19,20,22)/t17-/m0/s1. The number of hydrogen-bond donors (Lipinski definition) is 1. The molecule has 1 aromatic carbocycles. The molecule has 3 rings (SSSR count). The van der Waals surface area contributed by atoms with Crippen molar-refractivity contribution in [1.82, 2.24) is 4.98 Å². The summed E-state index contributed by atoms with van der Waals surface area (Å²) in [6.45, 7) is 2.15. The fourth-order valence-corrected chi connectivity index (χ4v) is 2.84. The fraction of sp³-hybridized carbons (Fsp3) is 0.333. The van der Waals surface area contributed by atoms with Crippen LogP contribution in [0.25, 0.3) is 0 Å². The maximum absolute atomic E-state index is 12.4. The van der Waals surface area contributed by atoms with Crippen LogP contribution in [-0.2, 0) is 9.53 Å². The molecule has 2 heterocycles. The summed E-state index contributed by atoms with van der Waals surface area (Å²) < 4.78 is 5.33. The third-order valence-electron chi connectivity index (χ3n) is 4.05. The molecular formula is C18H21N3O2. The third-order valence-corrected chi connectivity index (χ3v) is 4.05. The van der Waals surface area contributed by atoms with E-state index in [1.165, 1.54) is 20.0 Å². The van der Waals surface area contributed by atoms with Crippen molar-refractivity contribution >= 4 is 17.4 Å². The summed E-state index contributed by atoms with van der Waals surface area (Å²) in [7, 11) is 1.53. The smallest absolute Gasteiger partial charge is 0.259 e. The van der Waals surface area contributed by atoms with Gasteiger partial charge in [-0.05, 0) is 30.5 Å². The molecule has 2 aromatic rings. The van der Waals surface area contributed by atoms with Gasteiger partial charge in [0.2, 0.25) is 0 Å². The van der Waals surface area contributed by atoms with Gasteiger partial charge in [-0.25, -0.2) is 4.98 Å². The van der Waals surface area contributed by atoms with Crippen LogP contribution in [0.1, 0.15) is 24.5 Å². The van der Waals surface area contributed by atoms with E-state index >= 15 is 0 Å². The molecule has 0 aliphatic carbocycles. The Balaban J connectivity index is 1.67. The summed E-state index contributed by atoms with van der Waals surface area (Å²) in [5.74, 6) is 0.316. The number of benzene rings is 1. The van der Waals surface area contributed by atoms with E-state index in [1.54, 1.807) is 0 Å². The highest BCUT2D eigenvalue weighted by Gasteiger charge is 2.20. The highest BCUT2D eigenvalue weighted by molar-refractivity contribution is 5.94. The lowest BCUT2D eigenvalue weighted by Crippen LogP contribution is -2.23. The van der Waals surface area contributed by atoms with Crippen molar-refractivity contribution in [3.8, 4) is 0 Å². The molecule has 5 heteroatoms. The zero-order chi connectivity index (χ0) is 16.1. The number of rotatable bonds is 5. The van der Waals surface area contributed by atoms with Crippen molar-refractivity contribution in [3.05, 3.63) is 54.2 Å². The van der Waals surface area contributed by atoms with E-state index < -0.39 is 6.10 Å². The molecule has 0 saturated carbocycles. The van der Waals surface area contributed by atoms with Gasteiger partial charge >= 0.3 is 0 Å². The molecule has 0 spiro atoms. The van der Waals surface area contributed by atoms with E-state index in [0.29, 0.717) is 5.82 Å². The summed E-state index contributed by atoms with van der Waals surface area (Å²) in [6.07, 6.45) is 3.62. The van der Waals surface area contributed by atoms with Crippen LogP contribution in [0.15, 0.2) is 48.7 Å². The van der Waals surface area contributed by atoms with Gasteiger partial charge in [0.1, 0.15) is 5.82 Å². The van der Waals surface area contributed by atoms with Crippen LogP contribution in [0.3, 0.4) is 0 Å². The molecule has 0 bridgehead atoms. The Morgan fingerprint density at radius 2 is 1.91 bits per heavy atom. The molecular weight excluding hydrogens is 290 g/mol. The van der Waals surface area contributed by atoms with E-state index in [4.69, 9.17) is 4.74 Å². The van der Waals surface area contributed by atoms with Crippen LogP contribution in [0, 0.1) is 0 Å². The first-order chi connectivity index (χ1) is 11.3. The Kier molecular flexibility index (Phi) is 4.88. The van der Waals surface area contributed by atoms with Gasteiger partial charge in [0.05, 0.1) is 11.9 Å². The van der Waals surface area contributed by atoms with Gasteiger partial charge in [-0.2, -0.15) is 0 Å². The lowest BCUT2D eigenvalue weighted by molar-refractivity contribution is -0.126. The average Bonchev–Trinajstić information content (AvgIpc) is 3.12. The van der Waals surface area contributed by atoms with Crippen molar-refractivity contribution in [1.29, 1.82) is 0 Å². The second kappa shape index (κ2) is 7.24. The normalized spacial score (nSPS) is 15.4. The number of amides is 1. The number of aromatic nitrogens is 1. The van der Waals surface area contributed by atoms with Crippen LogP contribution in [0.4, 0.5) is 11.5 Å². The number of carbonyl (C=O) groups is 1. The van der Waals surface area contributed by atoms with Gasteiger partial charge in [-0.3, -0.25) is 4.79 Å². The summed E-state index contributed by atoms with van der Waals surface area (Å²) >= 11 is 0. The molecule has 1 N–H and O–H groups in total. The van der Waals surface area contributed by atoms with Crippen molar-refractivity contribution < 1.29 is 9.53 Å². The van der Waals surface area contributed by atoms with Crippen LogP contribution in [-0.4, -0.2) is 31.1 Å². The number of pyridine rings is 1. The van der Waals surface area contributed by atoms with E-state index in [-0.39, 0.29) is 5.91 Å². The maximum atomic E-state index is 12.4. The first-order valence-electron chi connectivity index (χ1n) is 7.87. The molecule has 0 unspecified atom stereocenters. The van der Waals surface area contributed by atoms with Gasteiger partial charge < -0.3 is 15.0 Å². The molecule has 1 aromatic heterocycles. The zero-order valence-corrected chi connectivity index (χ0v) is 13.2. The van der Waals surface area contributed by atoms with E-state index in [1.807, 2.05) is 48.7 Å². The summed E-state index contributed by atoms with van der Waals surface area (Å²) in [4.78, 5) is 19.0. The first-order valence-corrected chi connectivity index (χ1v) is 7.87. The van der Waals surface area contributed by atoms with Crippen LogP contribution in [0.5, 0.6) is 0 Å². The molecule has 23 heavy (non-hydrogen) atoms. The Bertz CT molecular complexity index is 637. The highest BCUT2D eigenvalue weighted by Crippen LogP contribution is 2.22. The largest absolute Gasteiger partial charge is 0.370 e. The predicted molar refractivity (Wildman–Crippen MR) is 90.5 cm³/mol. The lowest BCUT2D eigenvalue weighted by atomic mass is 10.1. The minimum absolute atomic E-state index is 0.222. The third kappa shape index (κ3) is 3.68. The number of anilines is 2. The maximum Gasteiger partial charge on any atom is 0.259 e. The molecule has 0 radical (unpaired) electrons. The molecule has 1 aliphatic heterocycles. The summed E-state index contributed by atoms with van der Waals surface area (Å²) in [5, 5.41) is 2.82. The SMILES string of the molecule is CO[C@H](C(=O)Nc1ccc(N2CCCC2)cn1)c1ccccc1. The molecule has 5 nitrogen and oxygen atoms in total. The number of nitrogens with zero attached hydrogens (tertiary/aromatic N) is 2. The molecule has 1 amide bonds. The average molecular weight is 311 g/mol. The van der Waals surface area contributed by atoms with Gasteiger partial charge in [0, 0.05) is 20.2 Å². The molecule has 1 atom stereocenters. The van der Waals surface area contributed by atoms with Gasteiger partial charge in [-0.1, -0.05) is 30.3 Å². The number of carbonyl (C=O) groups excluding carboxylic acids is 1. The van der Waals surface area contributed by atoms with Crippen LogP contribution < -0.4 is 10.2 Å². The minimum Gasteiger partial charge on any atom is -0.370 e. The lowest BCUT2D eigenvalue weighted by Gasteiger charge is -2.18. The summed E-state index contributed by atoms with van der Waals surface area (Å²) in [5.41, 5.74) is 1.92. The van der Waals surface area contributed by atoms with Crippen LogP contribution >= 0.6 is 0 Å². The molecule has 1 aliphatic rings. The summed E-state index contributed by atoms with van der Waals surface area (Å²) in [6, 6.07) is 13.3. The quantitative estimate of drug-likeness (QED) is 0.922. The second-order valence-corrected chi connectivity index (χ2v) is 5.61. The topological polar surface area (TPSA) is 54.5 Å². The monoisotopic (exact) mass is 311 g/mol. The molecule has 1 saturated heterocycles. The highest BCUT2D eigenvalue weighted by atomic mass is 16.5. The van der Waals surface area contributed by atoms with Crippen molar-refractivity contribution in [2.45, 2.75) is 18.9 Å². The Morgan fingerprint density at radius 3 is 2.52 bits per heavy atom. The van der Waals surface area contributed by atoms with Crippen molar-refractivity contribution in [3.63, 3.8) is 0 Å². The van der Waals surface area contributed by atoms with Gasteiger partial charge in [0.25, 0.3) is 5.91 Å². The predicted octanol–water partition coefficient (Wildman–Crippen LogP) is 3.01. The fourth-order valence-electron chi connectivity index (χ4n) is 2.84.